The van der Waals surface area contributed by atoms with E-state index in [9.17, 15) is 0 Å². The second kappa shape index (κ2) is 682. The molecule has 0 saturated carbocycles. The van der Waals surface area contributed by atoms with Crippen molar-refractivity contribution in [2.24, 2.45) is 0 Å². The molecule has 0 aromatic carbocycles. The Balaban J connectivity index is 0. The van der Waals surface area contributed by atoms with Gasteiger partial charge in [-0.3, -0.25) is 0 Å². The van der Waals surface area contributed by atoms with Gasteiger partial charge >= 0.3 is 195 Å². The minimum atomic E-state index is 0. The van der Waals surface area contributed by atoms with E-state index in [-0.39, 0.29) is 277 Å². The second-order valence-corrected chi connectivity index (χ2v) is 0. The van der Waals surface area contributed by atoms with Gasteiger partial charge in [0.15, 0.2) is 0 Å². The Bertz CT molecular complexity index is 47.5. The first-order chi connectivity index (χ1) is 0. The maximum Gasteiger partial charge on any atom is 4.00 e. The average molecular weight is 584 g/mol. The van der Waals surface area contributed by atoms with E-state index < -0.39 is 0 Å². The molecule has 112 valence electrons. The third kappa shape index (κ3) is 612. The van der Waals surface area contributed by atoms with Gasteiger partial charge in [0.2, 0.25) is 0 Å². The Kier molecular flexibility index (Phi) is 21500. The number of rotatable bonds is 0. The molecule has 0 bridgehead atoms. The van der Waals surface area contributed by atoms with Gasteiger partial charge in [-0.25, -0.2) is 0 Å². The van der Waals surface area contributed by atoms with Crippen LogP contribution >= 0.6 is 0 Å². The van der Waals surface area contributed by atoms with Crippen molar-refractivity contribution < 1.29 is 147 Å². The zero-order valence-electron chi connectivity index (χ0n) is 11.4. The van der Waals surface area contributed by atoms with E-state index in [0.29, 0.717) is 0 Å². The van der Waals surface area contributed by atoms with E-state index in [0.717, 1.165) is 0 Å². The first kappa shape index (κ1) is 758. The zero-order chi connectivity index (χ0) is 0. The fraction of sp³-hybridized carbons (Fsp3) is 0. The number of hydrogen-bond donors (Lipinski definition) is 0. The third-order valence-electron chi connectivity index (χ3n) is 0. The summed E-state index contributed by atoms with van der Waals surface area (Å²) in [4.78, 5) is 0. The van der Waals surface area contributed by atoms with Crippen LogP contribution in [0.25, 0.3) is 43.1 Å². The molecule has 0 unspecified atom stereocenters. The van der Waals surface area contributed by atoms with E-state index >= 15 is 0 Å². The van der Waals surface area contributed by atoms with Gasteiger partial charge in [0, 0.05) is 0 Å². The van der Waals surface area contributed by atoms with Crippen LogP contribution in [-0.4, -0.2) is 86.8 Å². The van der Waals surface area contributed by atoms with E-state index in [1.165, 1.54) is 0 Å². The van der Waals surface area contributed by atoms with Gasteiger partial charge in [0.1, 0.15) is 0 Å². The molecule has 0 amide bonds. The maximum atomic E-state index is 0. The van der Waals surface area contributed by atoms with Gasteiger partial charge in [-0.2, -0.15) is 0 Å². The summed E-state index contributed by atoms with van der Waals surface area (Å²) < 4.78 is 0. The molecule has 0 aliphatic rings. The summed E-state index contributed by atoms with van der Waals surface area (Å²) in [5.74, 6) is 0. The topological polar surface area (TPSA) is 413 Å². The van der Waals surface area contributed by atoms with Crippen LogP contribution in [0.3, 0.4) is 0 Å². The van der Waals surface area contributed by atoms with Crippen LogP contribution in [0.1, 0.15) is 0 Å². The zero-order valence-corrected chi connectivity index (χ0v) is 25.0. The van der Waals surface area contributed by atoms with Crippen molar-refractivity contribution >= 4 is 86.8 Å². The average Bonchev–Trinajstić information content (AvgIpc) is 0. The SMILES string of the molecule is [Al+3].[Al+3].[Al+3].[Al+3].[Al+3].[N-3].[N-3].[N-3].[N-3].[N-3].[N-3].[N-3].[O-2].[O-2].[O-2].[O-2].[O-2].[O-2].[O-2].[Ti+4].[Ti+4].[Ti+4].[Ti+4].[Ti+4]. The van der Waals surface area contributed by atoms with Gasteiger partial charge in [-0.05, 0) is 0 Å². The fourth-order valence-electron chi connectivity index (χ4n) is 0. The predicted octanol–water partition coefficient (Wildman–Crippen LogP) is -0.727. The van der Waals surface area contributed by atoms with Crippen LogP contribution in [0.2, 0.25) is 0 Å². The molecular weight excluding hydrogens is 584 g/mol. The standard InChI is InChI=1S/5Al.7N.7O.5Ti/q5*+3;7*-3;7*-2;5*+4. The van der Waals surface area contributed by atoms with Crippen LogP contribution in [0.5, 0.6) is 0 Å². The minimum Gasteiger partial charge on any atom is -3.00 e. The van der Waals surface area contributed by atoms with Crippen LogP contribution in [0.4, 0.5) is 0 Å². The first-order valence-corrected chi connectivity index (χ1v) is 0. The maximum absolute atomic E-state index is 0. The molecule has 24 heavy (non-hydrogen) atoms. The Labute approximate surface area is 272 Å². The van der Waals surface area contributed by atoms with Crippen molar-refractivity contribution in [3.63, 3.8) is 0 Å². The van der Waals surface area contributed by atoms with Gasteiger partial charge in [0.05, 0.1) is 0 Å². The largest absolute Gasteiger partial charge is 4.00 e. The number of nitrogens with zero attached hydrogens (tertiary/aromatic N) is 7. The Hall–Kier alpha value is 5.67. The van der Waals surface area contributed by atoms with Crippen molar-refractivity contribution in [1.29, 1.82) is 0 Å². The summed E-state index contributed by atoms with van der Waals surface area (Å²) in [6, 6.07) is 0. The van der Waals surface area contributed by atoms with E-state index in [4.69, 9.17) is 0 Å². The summed E-state index contributed by atoms with van der Waals surface area (Å²) >= 11 is 0. The molecule has 0 fully saturated rings. The molecule has 0 spiro atoms. The Morgan fingerprint density at radius 3 is 0.167 bits per heavy atom. The van der Waals surface area contributed by atoms with E-state index in [1.54, 1.807) is 0 Å². The Morgan fingerprint density at radius 2 is 0.167 bits per heavy atom. The molecule has 0 N–H and O–H groups in total. The molecule has 0 heterocycles. The predicted molar refractivity (Wildman–Crippen MR) is 57.1 cm³/mol. The molecule has 0 aromatic heterocycles. The fourth-order valence-corrected chi connectivity index (χ4v) is 0. The summed E-state index contributed by atoms with van der Waals surface area (Å²) in [5, 5.41) is 0. The van der Waals surface area contributed by atoms with Crippen LogP contribution in [0, 0.1) is 0 Å². The molecule has 0 aliphatic carbocycles. The molecular formula is Al5N7O7Ti5. The van der Waals surface area contributed by atoms with Gasteiger partial charge in [0.25, 0.3) is 0 Å². The number of hydrogen-bond acceptors (Lipinski definition) is 0. The molecule has 0 atom stereocenters. The first-order valence-electron chi connectivity index (χ1n) is 0. The summed E-state index contributed by atoms with van der Waals surface area (Å²) in [7, 11) is 0. The van der Waals surface area contributed by atoms with Crippen molar-refractivity contribution in [2.75, 3.05) is 0 Å². The molecule has 0 aromatic rings. The second-order valence-electron chi connectivity index (χ2n) is 0. The van der Waals surface area contributed by atoms with Gasteiger partial charge < -0.3 is 81.4 Å². The molecule has 0 radical (unpaired) electrons. The molecule has 0 aliphatic heterocycles. The quantitative estimate of drug-likeness (QED) is 0.318. The van der Waals surface area contributed by atoms with E-state index in [1.807, 2.05) is 0 Å². The van der Waals surface area contributed by atoms with Crippen LogP contribution in [0.15, 0.2) is 0 Å². The van der Waals surface area contributed by atoms with Crippen LogP contribution < -0.4 is 0 Å². The summed E-state index contributed by atoms with van der Waals surface area (Å²) in [5.41, 5.74) is 0. The molecule has 14 nitrogen and oxygen atoms in total. The minimum absolute atomic E-state index is 0. The van der Waals surface area contributed by atoms with Crippen molar-refractivity contribution in [1.82, 2.24) is 0 Å². The van der Waals surface area contributed by atoms with Gasteiger partial charge in [-0.1, -0.05) is 0 Å². The molecule has 24 heteroatoms. The molecule has 0 saturated heterocycles. The van der Waals surface area contributed by atoms with Crippen LogP contribution in [-0.2, 0) is 147 Å². The van der Waals surface area contributed by atoms with Crippen molar-refractivity contribution in [3.8, 4) is 0 Å². The van der Waals surface area contributed by atoms with Crippen molar-refractivity contribution in [2.45, 2.75) is 0 Å². The smallest absolute Gasteiger partial charge is 3.00 e. The Morgan fingerprint density at radius 1 is 0.167 bits per heavy atom. The monoisotopic (exact) mass is 585 g/mol. The molecule has 0 rings (SSSR count). The van der Waals surface area contributed by atoms with Crippen molar-refractivity contribution in [3.05, 3.63) is 43.1 Å². The third-order valence-corrected chi connectivity index (χ3v) is 0. The normalized spacial score (nSPS) is 0. The van der Waals surface area contributed by atoms with Gasteiger partial charge in [-0.15, -0.1) is 0 Å². The summed E-state index contributed by atoms with van der Waals surface area (Å²) in [6.45, 7) is 0. The van der Waals surface area contributed by atoms with E-state index in [2.05, 4.69) is 0 Å². The summed E-state index contributed by atoms with van der Waals surface area (Å²) in [6.07, 6.45) is 0.